The maximum Gasteiger partial charge on any atom is 0.160 e. The van der Waals surface area contributed by atoms with Gasteiger partial charge in [0.05, 0.1) is 6.10 Å². The molecule has 3 heteroatoms. The molecule has 0 aromatic heterocycles. The van der Waals surface area contributed by atoms with Gasteiger partial charge >= 0.3 is 0 Å². The summed E-state index contributed by atoms with van der Waals surface area (Å²) in [4.78, 5) is 0. The Morgan fingerprint density at radius 3 is 1.80 bits per heavy atom. The van der Waals surface area contributed by atoms with Gasteiger partial charge in [0.1, 0.15) is 0 Å². The second kappa shape index (κ2) is 9.13. The molecule has 0 rings (SSSR count). The van der Waals surface area contributed by atoms with E-state index in [0.29, 0.717) is 19.1 Å². The molecule has 0 heterocycles. The molecule has 15 heavy (non-hydrogen) atoms. The van der Waals surface area contributed by atoms with E-state index in [1.54, 1.807) is 0 Å². The molecule has 0 aliphatic rings. The van der Waals surface area contributed by atoms with Crippen molar-refractivity contribution in [2.24, 2.45) is 5.92 Å². The predicted molar refractivity (Wildman–Crippen MR) is 61.9 cm³/mol. The standard InChI is InChI=1S/C12H26O3/c1-6-13-12(14-7-2)8-11(5)15-9-10(3)4/h10-12H,6-9H2,1-5H3. The van der Waals surface area contributed by atoms with Crippen LogP contribution >= 0.6 is 0 Å². The first-order chi connectivity index (χ1) is 7.10. The minimum Gasteiger partial charge on any atom is -0.378 e. The zero-order valence-electron chi connectivity index (χ0n) is 10.8. The predicted octanol–water partition coefficient (Wildman–Crippen LogP) is 2.84. The highest BCUT2D eigenvalue weighted by Crippen LogP contribution is 2.09. The van der Waals surface area contributed by atoms with Crippen LogP contribution in [0.1, 0.15) is 41.0 Å². The van der Waals surface area contributed by atoms with E-state index in [1.165, 1.54) is 0 Å². The minimum atomic E-state index is -0.123. The molecule has 0 amide bonds. The van der Waals surface area contributed by atoms with Crippen LogP contribution in [-0.4, -0.2) is 32.2 Å². The third kappa shape index (κ3) is 8.85. The van der Waals surface area contributed by atoms with Gasteiger partial charge in [0.2, 0.25) is 0 Å². The van der Waals surface area contributed by atoms with Crippen molar-refractivity contribution in [3.63, 3.8) is 0 Å². The fourth-order valence-electron chi connectivity index (χ4n) is 1.25. The molecule has 1 unspecified atom stereocenters. The maximum atomic E-state index is 5.67. The van der Waals surface area contributed by atoms with E-state index in [4.69, 9.17) is 14.2 Å². The fourth-order valence-corrected chi connectivity index (χ4v) is 1.25. The van der Waals surface area contributed by atoms with E-state index in [0.717, 1.165) is 13.0 Å². The van der Waals surface area contributed by atoms with Gasteiger partial charge in [-0.25, -0.2) is 0 Å². The maximum absolute atomic E-state index is 5.67. The van der Waals surface area contributed by atoms with Gasteiger partial charge in [-0.1, -0.05) is 13.8 Å². The molecule has 0 aromatic rings. The summed E-state index contributed by atoms with van der Waals surface area (Å²) in [6.07, 6.45) is 0.867. The Bertz CT molecular complexity index is 131. The zero-order chi connectivity index (χ0) is 11.7. The van der Waals surface area contributed by atoms with E-state index in [2.05, 4.69) is 20.8 Å². The van der Waals surface area contributed by atoms with Crippen LogP contribution in [0.5, 0.6) is 0 Å². The SMILES string of the molecule is CCOC(CC(C)OCC(C)C)OCC. The molecule has 0 N–H and O–H groups in total. The zero-order valence-corrected chi connectivity index (χ0v) is 10.8. The van der Waals surface area contributed by atoms with Crippen LogP contribution in [0.4, 0.5) is 0 Å². The highest BCUT2D eigenvalue weighted by molar-refractivity contribution is 4.55. The van der Waals surface area contributed by atoms with Crippen molar-refractivity contribution in [3.05, 3.63) is 0 Å². The molecule has 0 aliphatic carbocycles. The molecule has 0 radical (unpaired) electrons. The van der Waals surface area contributed by atoms with Crippen molar-refractivity contribution in [2.45, 2.75) is 53.4 Å². The van der Waals surface area contributed by atoms with Crippen molar-refractivity contribution >= 4 is 0 Å². The van der Waals surface area contributed by atoms with Crippen molar-refractivity contribution in [3.8, 4) is 0 Å². The fraction of sp³-hybridized carbons (Fsp3) is 1.00. The lowest BCUT2D eigenvalue weighted by molar-refractivity contribution is -0.156. The molecule has 3 nitrogen and oxygen atoms in total. The largest absolute Gasteiger partial charge is 0.378 e. The summed E-state index contributed by atoms with van der Waals surface area (Å²) in [5, 5.41) is 0. The summed E-state index contributed by atoms with van der Waals surface area (Å²) in [6, 6.07) is 0. The summed E-state index contributed by atoms with van der Waals surface area (Å²) >= 11 is 0. The summed E-state index contributed by atoms with van der Waals surface area (Å²) in [7, 11) is 0. The monoisotopic (exact) mass is 218 g/mol. The Morgan fingerprint density at radius 2 is 1.40 bits per heavy atom. The lowest BCUT2D eigenvalue weighted by Crippen LogP contribution is -2.25. The van der Waals surface area contributed by atoms with Crippen LogP contribution in [0.3, 0.4) is 0 Å². The van der Waals surface area contributed by atoms with Gasteiger partial charge in [0.15, 0.2) is 6.29 Å². The first-order valence-corrected chi connectivity index (χ1v) is 5.94. The van der Waals surface area contributed by atoms with E-state index < -0.39 is 0 Å². The summed E-state index contributed by atoms with van der Waals surface area (Å²) in [6.45, 7) is 12.5. The minimum absolute atomic E-state index is 0.123. The van der Waals surface area contributed by atoms with Crippen molar-refractivity contribution < 1.29 is 14.2 Å². The molecule has 0 aliphatic heterocycles. The third-order valence-corrected chi connectivity index (χ3v) is 1.94. The van der Waals surface area contributed by atoms with Gasteiger partial charge in [0.25, 0.3) is 0 Å². The van der Waals surface area contributed by atoms with Gasteiger partial charge in [-0.3, -0.25) is 0 Å². The highest BCUT2D eigenvalue weighted by Gasteiger charge is 2.13. The van der Waals surface area contributed by atoms with Crippen LogP contribution in [0.25, 0.3) is 0 Å². The summed E-state index contributed by atoms with van der Waals surface area (Å²) in [5.41, 5.74) is 0. The Balaban J connectivity index is 3.72. The molecule has 92 valence electrons. The summed E-state index contributed by atoms with van der Waals surface area (Å²) in [5.74, 6) is 0.574. The van der Waals surface area contributed by atoms with Crippen molar-refractivity contribution in [1.82, 2.24) is 0 Å². The van der Waals surface area contributed by atoms with Gasteiger partial charge in [-0.05, 0) is 26.7 Å². The van der Waals surface area contributed by atoms with E-state index in [-0.39, 0.29) is 12.4 Å². The average Bonchev–Trinajstić information content (AvgIpc) is 2.15. The smallest absolute Gasteiger partial charge is 0.160 e. The van der Waals surface area contributed by atoms with Crippen LogP contribution in [0.2, 0.25) is 0 Å². The molecule has 0 bridgehead atoms. The van der Waals surface area contributed by atoms with Crippen molar-refractivity contribution in [2.75, 3.05) is 19.8 Å². The topological polar surface area (TPSA) is 27.7 Å². The van der Waals surface area contributed by atoms with Crippen LogP contribution < -0.4 is 0 Å². The Kier molecular flexibility index (Phi) is 9.06. The van der Waals surface area contributed by atoms with Crippen LogP contribution in [-0.2, 0) is 14.2 Å². The van der Waals surface area contributed by atoms with Gasteiger partial charge in [0, 0.05) is 26.2 Å². The second-order valence-corrected chi connectivity index (χ2v) is 4.11. The number of rotatable bonds is 9. The van der Waals surface area contributed by atoms with E-state index in [9.17, 15) is 0 Å². The highest BCUT2D eigenvalue weighted by atomic mass is 16.7. The lowest BCUT2D eigenvalue weighted by Gasteiger charge is -2.21. The normalized spacial score (nSPS) is 13.8. The van der Waals surface area contributed by atoms with Crippen LogP contribution in [0.15, 0.2) is 0 Å². The molecule has 0 aromatic carbocycles. The Labute approximate surface area is 94.1 Å². The molecule has 0 fully saturated rings. The first kappa shape index (κ1) is 14.9. The molecule has 0 saturated carbocycles. The average molecular weight is 218 g/mol. The third-order valence-electron chi connectivity index (χ3n) is 1.94. The number of ether oxygens (including phenoxy) is 3. The van der Waals surface area contributed by atoms with Crippen LogP contribution in [0, 0.1) is 5.92 Å². The second-order valence-electron chi connectivity index (χ2n) is 4.11. The first-order valence-electron chi connectivity index (χ1n) is 5.94. The van der Waals surface area contributed by atoms with E-state index in [1.807, 2.05) is 13.8 Å². The Morgan fingerprint density at radius 1 is 0.867 bits per heavy atom. The number of hydrogen-bond acceptors (Lipinski definition) is 3. The quantitative estimate of drug-likeness (QED) is 0.557. The van der Waals surface area contributed by atoms with Crippen molar-refractivity contribution in [1.29, 1.82) is 0 Å². The molecule has 0 spiro atoms. The Hall–Kier alpha value is -0.120. The molecule has 0 saturated heterocycles. The number of hydrogen-bond donors (Lipinski definition) is 0. The lowest BCUT2D eigenvalue weighted by atomic mass is 10.2. The molecule has 1 atom stereocenters. The van der Waals surface area contributed by atoms with Gasteiger partial charge in [-0.2, -0.15) is 0 Å². The van der Waals surface area contributed by atoms with Gasteiger partial charge in [-0.15, -0.1) is 0 Å². The molecular weight excluding hydrogens is 192 g/mol. The van der Waals surface area contributed by atoms with E-state index >= 15 is 0 Å². The molecular formula is C12H26O3. The van der Waals surface area contributed by atoms with Gasteiger partial charge < -0.3 is 14.2 Å². The summed E-state index contributed by atoms with van der Waals surface area (Å²) < 4.78 is 16.6.